The number of hydrogen-bond acceptors (Lipinski definition) is 6. The van der Waals surface area contributed by atoms with Crippen molar-refractivity contribution in [3.63, 3.8) is 0 Å². The molecule has 3 aromatic rings. The number of hydrogen-bond donors (Lipinski definition) is 1. The minimum absolute atomic E-state index is 0.00348. The number of aryl methyl sites for hydroxylation is 3. The van der Waals surface area contributed by atoms with E-state index in [9.17, 15) is 22.8 Å². The minimum atomic E-state index is -4.08. The lowest BCUT2D eigenvalue weighted by Crippen LogP contribution is -2.54. The first kappa shape index (κ1) is 23.9. The van der Waals surface area contributed by atoms with Gasteiger partial charge in [0.2, 0.25) is 0 Å². The van der Waals surface area contributed by atoms with Gasteiger partial charge in [-0.15, -0.1) is 0 Å². The molecule has 8 nitrogen and oxygen atoms in total. The summed E-state index contributed by atoms with van der Waals surface area (Å²) in [7, 11) is -4.08. The van der Waals surface area contributed by atoms with E-state index in [2.05, 4.69) is 5.32 Å². The number of anilines is 1. The molecule has 0 spiro atoms. The molecule has 0 unspecified atom stereocenters. The van der Waals surface area contributed by atoms with Crippen molar-refractivity contribution in [1.82, 2.24) is 5.32 Å². The maximum atomic E-state index is 13.1. The van der Waals surface area contributed by atoms with Crippen LogP contribution in [0, 0.1) is 20.8 Å². The van der Waals surface area contributed by atoms with E-state index >= 15 is 0 Å². The highest BCUT2D eigenvalue weighted by Gasteiger charge is 2.37. The zero-order valence-corrected chi connectivity index (χ0v) is 20.0. The van der Waals surface area contributed by atoms with Crippen LogP contribution in [0.15, 0.2) is 77.2 Å². The molecule has 35 heavy (non-hydrogen) atoms. The van der Waals surface area contributed by atoms with Crippen LogP contribution in [-0.4, -0.2) is 26.3 Å². The van der Waals surface area contributed by atoms with E-state index in [0.29, 0.717) is 11.3 Å². The van der Waals surface area contributed by atoms with E-state index in [0.717, 1.165) is 21.6 Å². The monoisotopic (exact) mass is 490 g/mol. The first-order chi connectivity index (χ1) is 16.5. The number of amides is 4. The largest absolute Gasteiger partial charge is 0.379 e. The Labute approximate surface area is 203 Å². The molecule has 0 atom stereocenters. The Morgan fingerprint density at radius 2 is 1.57 bits per heavy atom. The van der Waals surface area contributed by atoms with Gasteiger partial charge in [0.25, 0.3) is 11.8 Å². The molecule has 1 aliphatic heterocycles. The second kappa shape index (κ2) is 9.19. The zero-order chi connectivity index (χ0) is 25.3. The molecular formula is C26H22N2O6S. The predicted octanol–water partition coefficient (Wildman–Crippen LogP) is 4.05. The summed E-state index contributed by atoms with van der Waals surface area (Å²) < 4.78 is 30.4. The molecular weight excluding hydrogens is 468 g/mol. The number of urea groups is 1. The van der Waals surface area contributed by atoms with E-state index in [1.165, 1.54) is 36.4 Å². The molecule has 0 radical (unpaired) electrons. The highest BCUT2D eigenvalue weighted by atomic mass is 32.2. The van der Waals surface area contributed by atoms with Gasteiger partial charge in [-0.05, 0) is 79.9 Å². The maximum Gasteiger partial charge on any atom is 0.339 e. The minimum Gasteiger partial charge on any atom is -0.379 e. The van der Waals surface area contributed by atoms with Gasteiger partial charge in [0.1, 0.15) is 16.2 Å². The molecule has 9 heteroatoms. The summed E-state index contributed by atoms with van der Waals surface area (Å²) in [6.07, 6.45) is 1.28. The summed E-state index contributed by atoms with van der Waals surface area (Å²) in [4.78, 5) is 38.9. The number of nitrogens with zero attached hydrogens (tertiary/aromatic N) is 1. The molecule has 1 aliphatic rings. The quantitative estimate of drug-likeness (QED) is 0.328. The maximum absolute atomic E-state index is 13.1. The Balaban J connectivity index is 1.64. The number of benzene rings is 3. The van der Waals surface area contributed by atoms with Crippen LogP contribution in [0.1, 0.15) is 22.3 Å². The third-order valence-corrected chi connectivity index (χ3v) is 6.80. The number of carbonyl (C=O) groups excluding carboxylic acids is 3. The summed E-state index contributed by atoms with van der Waals surface area (Å²) in [5.74, 6) is -1.63. The van der Waals surface area contributed by atoms with Gasteiger partial charge in [0, 0.05) is 0 Å². The van der Waals surface area contributed by atoms with Gasteiger partial charge in [-0.1, -0.05) is 35.9 Å². The van der Waals surface area contributed by atoms with Crippen molar-refractivity contribution in [2.75, 3.05) is 4.90 Å². The highest BCUT2D eigenvalue weighted by Crippen LogP contribution is 2.26. The van der Waals surface area contributed by atoms with E-state index < -0.39 is 28.0 Å². The number of barbiturate groups is 1. The van der Waals surface area contributed by atoms with Crippen molar-refractivity contribution in [2.24, 2.45) is 0 Å². The van der Waals surface area contributed by atoms with Crippen molar-refractivity contribution in [3.8, 4) is 5.75 Å². The van der Waals surface area contributed by atoms with E-state index in [1.54, 1.807) is 36.4 Å². The Morgan fingerprint density at radius 3 is 2.26 bits per heavy atom. The van der Waals surface area contributed by atoms with Gasteiger partial charge >= 0.3 is 16.1 Å². The van der Waals surface area contributed by atoms with E-state index in [4.69, 9.17) is 4.18 Å². The molecule has 0 saturated carbocycles. The molecule has 178 valence electrons. The average Bonchev–Trinajstić information content (AvgIpc) is 2.79. The summed E-state index contributed by atoms with van der Waals surface area (Å²) in [5, 5.41) is 2.17. The van der Waals surface area contributed by atoms with Crippen LogP contribution in [0.4, 0.5) is 10.5 Å². The number of nitrogens with one attached hydrogen (secondary N) is 1. The first-order valence-electron chi connectivity index (χ1n) is 10.6. The fraction of sp³-hybridized carbons (Fsp3) is 0.115. The summed E-state index contributed by atoms with van der Waals surface area (Å²) >= 11 is 0. The third-order valence-electron chi connectivity index (χ3n) is 5.54. The van der Waals surface area contributed by atoms with Crippen molar-refractivity contribution in [2.45, 2.75) is 25.7 Å². The Kier molecular flexibility index (Phi) is 6.27. The zero-order valence-electron chi connectivity index (χ0n) is 19.2. The molecule has 0 bridgehead atoms. The third kappa shape index (κ3) is 4.99. The summed E-state index contributed by atoms with van der Waals surface area (Å²) in [5.41, 5.74) is 3.17. The fourth-order valence-electron chi connectivity index (χ4n) is 3.46. The Hall–Kier alpha value is -4.24. The van der Waals surface area contributed by atoms with Crippen LogP contribution in [0.2, 0.25) is 0 Å². The van der Waals surface area contributed by atoms with Gasteiger partial charge < -0.3 is 4.18 Å². The molecule has 0 aliphatic carbocycles. The molecule has 4 amide bonds. The molecule has 1 heterocycles. The lowest BCUT2D eigenvalue weighted by molar-refractivity contribution is -0.122. The molecule has 0 aromatic heterocycles. The standard InChI is InChI=1S/C26H22N2O6S/c1-16-7-11-22(12-8-16)35(32,33)34-21-6-4-5-19(14-21)15-23-24(29)27-26(31)28(25(23)30)20-10-9-17(2)18(3)13-20/h4-15H,1-3H3,(H,27,29,31)/b23-15-. The number of imide groups is 2. The van der Waals surface area contributed by atoms with Gasteiger partial charge in [-0.25, -0.2) is 9.69 Å². The van der Waals surface area contributed by atoms with Crippen LogP contribution in [0.25, 0.3) is 6.08 Å². The van der Waals surface area contributed by atoms with Crippen molar-refractivity contribution in [1.29, 1.82) is 0 Å². The Bertz CT molecular complexity index is 1490. The summed E-state index contributed by atoms with van der Waals surface area (Å²) in [6, 6.07) is 16.4. The van der Waals surface area contributed by atoms with E-state index in [1.807, 2.05) is 20.8 Å². The van der Waals surface area contributed by atoms with Gasteiger partial charge in [-0.2, -0.15) is 8.42 Å². The molecule has 1 N–H and O–H groups in total. The van der Waals surface area contributed by atoms with Crippen molar-refractivity contribution >= 4 is 39.7 Å². The van der Waals surface area contributed by atoms with Crippen molar-refractivity contribution < 1.29 is 27.0 Å². The van der Waals surface area contributed by atoms with Crippen LogP contribution >= 0.6 is 0 Å². The average molecular weight is 491 g/mol. The number of carbonyl (C=O) groups is 3. The van der Waals surface area contributed by atoms with Gasteiger partial charge in [0.05, 0.1) is 5.69 Å². The first-order valence-corrected chi connectivity index (χ1v) is 12.1. The van der Waals surface area contributed by atoms with Gasteiger partial charge in [-0.3, -0.25) is 14.9 Å². The molecule has 1 saturated heterocycles. The number of rotatable bonds is 5. The molecule has 3 aromatic carbocycles. The molecule has 1 fully saturated rings. The normalized spacial score (nSPS) is 15.3. The van der Waals surface area contributed by atoms with Gasteiger partial charge in [0.15, 0.2) is 0 Å². The SMILES string of the molecule is Cc1ccc(S(=O)(=O)Oc2cccc(/C=C3/C(=O)NC(=O)N(c4ccc(C)c(C)c4)C3=O)c2)cc1. The second-order valence-electron chi connectivity index (χ2n) is 8.15. The lowest BCUT2D eigenvalue weighted by Gasteiger charge is -2.26. The topological polar surface area (TPSA) is 110 Å². The predicted molar refractivity (Wildman–Crippen MR) is 130 cm³/mol. The molecule has 4 rings (SSSR count). The smallest absolute Gasteiger partial charge is 0.339 e. The Morgan fingerprint density at radius 1 is 0.857 bits per heavy atom. The van der Waals surface area contributed by atoms with Crippen molar-refractivity contribution in [3.05, 3.63) is 94.6 Å². The van der Waals surface area contributed by atoms with Crippen LogP contribution in [0.3, 0.4) is 0 Å². The van der Waals surface area contributed by atoms with Crippen LogP contribution < -0.4 is 14.4 Å². The second-order valence-corrected chi connectivity index (χ2v) is 9.70. The fourth-order valence-corrected chi connectivity index (χ4v) is 4.38. The summed E-state index contributed by atoms with van der Waals surface area (Å²) in [6.45, 7) is 5.59. The van der Waals surface area contributed by atoms with Crippen LogP contribution in [-0.2, 0) is 19.7 Å². The van der Waals surface area contributed by atoms with Crippen LogP contribution in [0.5, 0.6) is 5.75 Å². The van der Waals surface area contributed by atoms with E-state index in [-0.39, 0.29) is 16.2 Å². The lowest BCUT2D eigenvalue weighted by atomic mass is 10.1. The highest BCUT2D eigenvalue weighted by molar-refractivity contribution is 7.87.